The predicted molar refractivity (Wildman–Crippen MR) is 109 cm³/mol. The summed E-state index contributed by atoms with van der Waals surface area (Å²) in [5.74, 6) is -0.730. The number of halogens is 1. The number of rotatable bonds is 7. The molecule has 2 N–H and O–H groups in total. The lowest BCUT2D eigenvalue weighted by molar-refractivity contribution is -0.144. The third-order valence-electron chi connectivity index (χ3n) is 5.02. The average Bonchev–Trinajstić information content (AvgIpc) is 2.70. The number of esters is 1. The molecule has 1 unspecified atom stereocenters. The Balaban J connectivity index is 1.55. The molecular weight excluding hydrogens is 357 g/mol. The van der Waals surface area contributed by atoms with Crippen molar-refractivity contribution in [3.05, 3.63) is 65.5 Å². The number of ether oxygens (including phenoxy) is 1. The highest BCUT2D eigenvalue weighted by atomic mass is 19.1. The Hall–Kier alpha value is -2.44. The van der Waals surface area contributed by atoms with E-state index in [0.717, 1.165) is 32.7 Å². The highest BCUT2D eigenvalue weighted by Crippen LogP contribution is 2.23. The van der Waals surface area contributed by atoms with E-state index in [9.17, 15) is 9.18 Å². The zero-order chi connectivity index (χ0) is 19.9. The SMILES string of the molecule is CCOC(=O)C(N)Cc1ccc(N2CCN(Cc3ccccc3)CC2)c(F)c1. The minimum atomic E-state index is -0.772. The van der Waals surface area contributed by atoms with E-state index in [4.69, 9.17) is 10.5 Å². The Morgan fingerprint density at radius 2 is 1.82 bits per heavy atom. The van der Waals surface area contributed by atoms with E-state index >= 15 is 0 Å². The van der Waals surface area contributed by atoms with Gasteiger partial charge in [0.25, 0.3) is 0 Å². The lowest BCUT2D eigenvalue weighted by Crippen LogP contribution is -2.46. The van der Waals surface area contributed by atoms with Crippen molar-refractivity contribution < 1.29 is 13.9 Å². The van der Waals surface area contributed by atoms with Gasteiger partial charge in [-0.25, -0.2) is 4.39 Å². The van der Waals surface area contributed by atoms with Gasteiger partial charge < -0.3 is 15.4 Å². The molecule has 1 atom stereocenters. The number of hydrogen-bond donors (Lipinski definition) is 1. The van der Waals surface area contributed by atoms with E-state index < -0.39 is 12.0 Å². The maximum atomic E-state index is 14.7. The van der Waals surface area contributed by atoms with Gasteiger partial charge in [0.1, 0.15) is 11.9 Å². The molecule has 6 heteroatoms. The highest BCUT2D eigenvalue weighted by molar-refractivity contribution is 5.75. The lowest BCUT2D eigenvalue weighted by atomic mass is 10.1. The van der Waals surface area contributed by atoms with Crippen molar-refractivity contribution in [3.8, 4) is 0 Å². The Labute approximate surface area is 165 Å². The summed E-state index contributed by atoms with van der Waals surface area (Å²) in [4.78, 5) is 16.1. The Bertz CT molecular complexity index is 777. The van der Waals surface area contributed by atoms with Gasteiger partial charge in [-0.2, -0.15) is 0 Å². The largest absolute Gasteiger partial charge is 0.465 e. The first-order chi connectivity index (χ1) is 13.6. The van der Waals surface area contributed by atoms with Gasteiger partial charge in [0.15, 0.2) is 0 Å². The molecular formula is C22H28FN3O2. The summed E-state index contributed by atoms with van der Waals surface area (Å²) in [6, 6.07) is 14.7. The fraction of sp³-hybridized carbons (Fsp3) is 0.409. The topological polar surface area (TPSA) is 58.8 Å². The van der Waals surface area contributed by atoms with Gasteiger partial charge >= 0.3 is 5.97 Å². The van der Waals surface area contributed by atoms with Crippen LogP contribution >= 0.6 is 0 Å². The number of benzene rings is 2. The number of piperazine rings is 1. The van der Waals surface area contributed by atoms with Crippen molar-refractivity contribution in [1.29, 1.82) is 0 Å². The molecule has 1 saturated heterocycles. The van der Waals surface area contributed by atoms with Crippen molar-refractivity contribution in [2.75, 3.05) is 37.7 Å². The fourth-order valence-electron chi connectivity index (χ4n) is 3.51. The normalized spacial score (nSPS) is 16.0. The fourth-order valence-corrected chi connectivity index (χ4v) is 3.51. The Kier molecular flexibility index (Phi) is 7.01. The summed E-state index contributed by atoms with van der Waals surface area (Å²) in [6.45, 7) is 6.29. The molecule has 150 valence electrons. The van der Waals surface area contributed by atoms with E-state index in [1.807, 2.05) is 12.1 Å². The van der Waals surface area contributed by atoms with Crippen molar-refractivity contribution in [3.63, 3.8) is 0 Å². The van der Waals surface area contributed by atoms with Gasteiger partial charge in [0, 0.05) is 32.7 Å². The zero-order valence-electron chi connectivity index (χ0n) is 16.3. The van der Waals surface area contributed by atoms with Crippen LogP contribution in [0, 0.1) is 5.82 Å². The van der Waals surface area contributed by atoms with Crippen LogP contribution in [0.3, 0.4) is 0 Å². The molecule has 0 radical (unpaired) electrons. The molecule has 2 aromatic carbocycles. The van der Waals surface area contributed by atoms with Gasteiger partial charge in [-0.1, -0.05) is 36.4 Å². The average molecular weight is 385 g/mol. The second kappa shape index (κ2) is 9.66. The van der Waals surface area contributed by atoms with E-state index in [1.165, 1.54) is 11.6 Å². The van der Waals surface area contributed by atoms with Crippen LogP contribution < -0.4 is 10.6 Å². The minimum Gasteiger partial charge on any atom is -0.465 e. The number of nitrogens with zero attached hydrogens (tertiary/aromatic N) is 2. The second-order valence-electron chi connectivity index (χ2n) is 7.10. The quantitative estimate of drug-likeness (QED) is 0.743. The second-order valence-corrected chi connectivity index (χ2v) is 7.10. The lowest BCUT2D eigenvalue weighted by Gasteiger charge is -2.36. The van der Waals surface area contributed by atoms with E-state index in [1.54, 1.807) is 13.0 Å². The third kappa shape index (κ3) is 5.30. The molecule has 0 aliphatic carbocycles. The smallest absolute Gasteiger partial charge is 0.323 e. The van der Waals surface area contributed by atoms with E-state index in [0.29, 0.717) is 11.3 Å². The van der Waals surface area contributed by atoms with Crippen LogP contribution in [0.4, 0.5) is 10.1 Å². The van der Waals surface area contributed by atoms with Crippen LogP contribution in [0.15, 0.2) is 48.5 Å². The van der Waals surface area contributed by atoms with Gasteiger partial charge in [-0.3, -0.25) is 9.69 Å². The highest BCUT2D eigenvalue weighted by Gasteiger charge is 2.21. The number of carbonyl (C=O) groups is 1. The monoisotopic (exact) mass is 385 g/mol. The summed E-state index contributed by atoms with van der Waals surface area (Å²) in [5, 5.41) is 0. The summed E-state index contributed by atoms with van der Waals surface area (Å²) < 4.78 is 19.6. The van der Waals surface area contributed by atoms with Gasteiger partial charge in [-0.05, 0) is 36.6 Å². The molecule has 0 saturated carbocycles. The summed E-state index contributed by atoms with van der Waals surface area (Å²) in [6.07, 6.45) is 0.265. The van der Waals surface area contributed by atoms with Crippen LogP contribution in [0.1, 0.15) is 18.1 Å². The first-order valence-electron chi connectivity index (χ1n) is 9.78. The number of hydrogen-bond acceptors (Lipinski definition) is 5. The summed E-state index contributed by atoms with van der Waals surface area (Å²) in [5.41, 5.74) is 8.43. The Morgan fingerprint density at radius 3 is 2.46 bits per heavy atom. The molecule has 1 fully saturated rings. The maximum Gasteiger partial charge on any atom is 0.323 e. The van der Waals surface area contributed by atoms with E-state index in [2.05, 4.69) is 34.1 Å². The summed E-state index contributed by atoms with van der Waals surface area (Å²) >= 11 is 0. The van der Waals surface area contributed by atoms with Crippen molar-refractivity contribution in [1.82, 2.24) is 4.90 Å². The molecule has 1 heterocycles. The first kappa shape index (κ1) is 20.3. The van der Waals surface area contributed by atoms with Crippen LogP contribution in [0.2, 0.25) is 0 Å². The molecule has 1 aliphatic heterocycles. The van der Waals surface area contributed by atoms with Crippen molar-refractivity contribution in [2.24, 2.45) is 5.73 Å². The molecule has 28 heavy (non-hydrogen) atoms. The molecule has 0 amide bonds. The van der Waals surface area contributed by atoms with Crippen LogP contribution in [-0.2, 0) is 22.5 Å². The summed E-state index contributed by atoms with van der Waals surface area (Å²) in [7, 11) is 0. The van der Waals surface area contributed by atoms with Gasteiger partial charge in [0.05, 0.1) is 12.3 Å². The molecule has 0 aromatic heterocycles. The molecule has 5 nitrogen and oxygen atoms in total. The van der Waals surface area contributed by atoms with Crippen molar-refractivity contribution in [2.45, 2.75) is 25.9 Å². The maximum absolute atomic E-state index is 14.7. The van der Waals surface area contributed by atoms with Gasteiger partial charge in [-0.15, -0.1) is 0 Å². The van der Waals surface area contributed by atoms with Crippen molar-refractivity contribution >= 4 is 11.7 Å². The molecule has 3 rings (SSSR count). The standard InChI is InChI=1S/C22H28FN3O2/c1-2-28-22(27)20(24)15-18-8-9-21(19(23)14-18)26-12-10-25(11-13-26)16-17-6-4-3-5-7-17/h3-9,14,20H,2,10-13,15-16,24H2,1H3. The van der Waals surface area contributed by atoms with E-state index in [-0.39, 0.29) is 18.8 Å². The molecule has 0 bridgehead atoms. The van der Waals surface area contributed by atoms with Crippen LogP contribution in [0.25, 0.3) is 0 Å². The van der Waals surface area contributed by atoms with Crippen LogP contribution in [0.5, 0.6) is 0 Å². The number of nitrogens with two attached hydrogens (primary N) is 1. The molecule has 0 spiro atoms. The first-order valence-corrected chi connectivity index (χ1v) is 9.78. The minimum absolute atomic E-state index is 0.265. The zero-order valence-corrected chi connectivity index (χ0v) is 16.3. The third-order valence-corrected chi connectivity index (χ3v) is 5.02. The Morgan fingerprint density at radius 1 is 1.11 bits per heavy atom. The predicted octanol–water partition coefficient (Wildman–Crippen LogP) is 2.58. The molecule has 2 aromatic rings. The molecule has 1 aliphatic rings. The number of carbonyl (C=O) groups excluding carboxylic acids is 1. The number of anilines is 1. The van der Waals surface area contributed by atoms with Crippen LogP contribution in [-0.4, -0.2) is 49.7 Å². The van der Waals surface area contributed by atoms with Gasteiger partial charge in [0.2, 0.25) is 0 Å².